The zero-order valence-electron chi connectivity index (χ0n) is 24.2. The number of pyridine rings is 3. The highest BCUT2D eigenvalue weighted by atomic mass is 16.3. The topological polar surface area (TPSA) is 51.8 Å². The summed E-state index contributed by atoms with van der Waals surface area (Å²) >= 11 is 0. The highest BCUT2D eigenvalue weighted by Gasteiger charge is 2.15. The Kier molecular flexibility index (Phi) is 5.78. The summed E-state index contributed by atoms with van der Waals surface area (Å²) in [5.74, 6) is 0. The zero-order chi connectivity index (χ0) is 29.7. The molecular formula is C41H25N3O. The summed E-state index contributed by atoms with van der Waals surface area (Å²) in [4.78, 5) is 14.4. The number of nitrogens with zero attached hydrogens (tertiary/aromatic N) is 3. The second-order valence-electron chi connectivity index (χ2n) is 11.3. The lowest BCUT2D eigenvalue weighted by molar-refractivity contribution is 0.670. The van der Waals surface area contributed by atoms with Crippen molar-refractivity contribution in [3.63, 3.8) is 0 Å². The van der Waals surface area contributed by atoms with Crippen molar-refractivity contribution in [3.05, 3.63) is 152 Å². The highest BCUT2D eigenvalue weighted by molar-refractivity contribution is 6.10. The molecule has 0 unspecified atom stereocenters. The van der Waals surface area contributed by atoms with Crippen LogP contribution in [0, 0.1) is 0 Å². The van der Waals surface area contributed by atoms with Crippen molar-refractivity contribution in [2.75, 3.05) is 0 Å². The molecule has 0 amide bonds. The van der Waals surface area contributed by atoms with Crippen molar-refractivity contribution >= 4 is 43.7 Å². The van der Waals surface area contributed by atoms with Crippen molar-refractivity contribution in [1.29, 1.82) is 0 Å². The Morgan fingerprint density at radius 2 is 1.16 bits per heavy atom. The number of hydrogen-bond acceptors (Lipinski definition) is 4. The Morgan fingerprint density at radius 1 is 0.422 bits per heavy atom. The number of aromatic nitrogens is 3. The third-order valence-electron chi connectivity index (χ3n) is 8.56. The molecule has 0 fully saturated rings. The SMILES string of the molecule is c1ccc(-c2ccc(-c3cc(-c4ccc5ccc6cccnc6c5n4)cc(-c4cccc5c4oc4ccccc45)c3)cc2)nc1. The van der Waals surface area contributed by atoms with Crippen molar-refractivity contribution in [2.24, 2.45) is 0 Å². The molecule has 0 aliphatic carbocycles. The van der Waals surface area contributed by atoms with Gasteiger partial charge in [0.05, 0.1) is 22.4 Å². The standard InChI is InChI=1S/C41H25N3O/c1-2-12-38-34(8-1)35-10-5-9-33(41(35)45-38)31-23-30(26-13-15-27(16-14-26)36-11-3-4-21-42-36)24-32(25-31)37-20-19-29-18-17-28-7-6-22-43-39(28)40(29)44-37/h1-25H. The third kappa shape index (κ3) is 4.35. The predicted octanol–water partition coefficient (Wildman–Crippen LogP) is 10.7. The van der Waals surface area contributed by atoms with Crippen molar-refractivity contribution in [2.45, 2.75) is 0 Å². The van der Waals surface area contributed by atoms with Gasteiger partial charge in [0, 0.05) is 50.6 Å². The summed E-state index contributed by atoms with van der Waals surface area (Å²) in [6, 6.07) is 48.4. The first-order valence-electron chi connectivity index (χ1n) is 15.0. The first-order valence-corrected chi connectivity index (χ1v) is 15.0. The zero-order valence-corrected chi connectivity index (χ0v) is 24.2. The lowest BCUT2D eigenvalue weighted by Gasteiger charge is -2.12. The van der Waals surface area contributed by atoms with E-state index in [1.165, 1.54) is 0 Å². The molecule has 9 aromatic rings. The number of hydrogen-bond donors (Lipinski definition) is 0. The molecule has 0 saturated carbocycles. The molecule has 45 heavy (non-hydrogen) atoms. The molecule has 4 heterocycles. The van der Waals surface area contributed by atoms with Gasteiger partial charge in [-0.25, -0.2) is 4.98 Å². The van der Waals surface area contributed by atoms with E-state index in [1.807, 2.05) is 48.8 Å². The maximum atomic E-state index is 6.47. The molecule has 0 radical (unpaired) electrons. The minimum Gasteiger partial charge on any atom is -0.455 e. The van der Waals surface area contributed by atoms with Crippen molar-refractivity contribution in [3.8, 4) is 44.8 Å². The Hall–Kier alpha value is -6.13. The van der Waals surface area contributed by atoms with E-state index >= 15 is 0 Å². The summed E-state index contributed by atoms with van der Waals surface area (Å²) < 4.78 is 6.47. The summed E-state index contributed by atoms with van der Waals surface area (Å²) in [5.41, 5.74) is 11.9. The van der Waals surface area contributed by atoms with Crippen LogP contribution >= 0.6 is 0 Å². The van der Waals surface area contributed by atoms with Gasteiger partial charge < -0.3 is 4.42 Å². The molecule has 0 saturated heterocycles. The van der Waals surface area contributed by atoms with Crippen LogP contribution in [0.3, 0.4) is 0 Å². The fourth-order valence-corrected chi connectivity index (χ4v) is 6.32. The maximum absolute atomic E-state index is 6.47. The summed E-state index contributed by atoms with van der Waals surface area (Å²) in [7, 11) is 0. The lowest BCUT2D eigenvalue weighted by Crippen LogP contribution is -1.91. The summed E-state index contributed by atoms with van der Waals surface area (Å²) in [5, 5.41) is 4.37. The number of rotatable bonds is 4. The van der Waals surface area contributed by atoms with Crippen LogP contribution in [0.2, 0.25) is 0 Å². The van der Waals surface area contributed by atoms with E-state index in [-0.39, 0.29) is 0 Å². The van der Waals surface area contributed by atoms with Crippen LogP contribution in [0.1, 0.15) is 0 Å². The van der Waals surface area contributed by atoms with Crippen LogP contribution < -0.4 is 0 Å². The van der Waals surface area contributed by atoms with E-state index in [4.69, 9.17) is 9.40 Å². The van der Waals surface area contributed by atoms with Crippen molar-refractivity contribution in [1.82, 2.24) is 15.0 Å². The molecule has 4 nitrogen and oxygen atoms in total. The average Bonchev–Trinajstić information content (AvgIpc) is 3.51. The van der Waals surface area contributed by atoms with Crippen LogP contribution in [-0.2, 0) is 0 Å². The molecule has 4 heteroatoms. The Labute approximate surface area is 259 Å². The van der Waals surface area contributed by atoms with Crippen molar-refractivity contribution < 1.29 is 4.42 Å². The van der Waals surface area contributed by atoms with E-state index in [0.29, 0.717) is 0 Å². The molecular weight excluding hydrogens is 550 g/mol. The van der Waals surface area contributed by atoms with Gasteiger partial charge in [0.25, 0.3) is 0 Å². The Balaban J connectivity index is 1.26. The lowest BCUT2D eigenvalue weighted by atomic mass is 9.93. The second-order valence-corrected chi connectivity index (χ2v) is 11.3. The second kappa shape index (κ2) is 10.2. The van der Waals surface area contributed by atoms with E-state index < -0.39 is 0 Å². The molecule has 5 aromatic carbocycles. The number of furan rings is 1. The highest BCUT2D eigenvalue weighted by Crippen LogP contribution is 2.39. The fraction of sp³-hybridized carbons (Fsp3) is 0. The molecule has 0 bridgehead atoms. The van der Waals surface area contributed by atoms with Gasteiger partial charge >= 0.3 is 0 Å². The predicted molar refractivity (Wildman–Crippen MR) is 184 cm³/mol. The average molecular weight is 576 g/mol. The molecule has 0 aliphatic rings. The van der Waals surface area contributed by atoms with E-state index in [9.17, 15) is 0 Å². The van der Waals surface area contributed by atoms with Gasteiger partial charge in [-0.15, -0.1) is 0 Å². The molecule has 210 valence electrons. The van der Waals surface area contributed by atoms with Gasteiger partial charge in [-0.05, 0) is 65.2 Å². The van der Waals surface area contributed by atoms with Gasteiger partial charge in [-0.2, -0.15) is 0 Å². The Morgan fingerprint density at radius 3 is 2.04 bits per heavy atom. The quantitative estimate of drug-likeness (QED) is 0.196. The van der Waals surface area contributed by atoms with Gasteiger partial charge in [-0.1, -0.05) is 91.0 Å². The minimum absolute atomic E-state index is 0.883. The van der Waals surface area contributed by atoms with Crippen LogP contribution in [-0.4, -0.2) is 15.0 Å². The minimum atomic E-state index is 0.883. The molecule has 0 N–H and O–H groups in total. The first-order chi connectivity index (χ1) is 22.3. The normalized spacial score (nSPS) is 11.6. The smallest absolute Gasteiger partial charge is 0.143 e. The maximum Gasteiger partial charge on any atom is 0.143 e. The molecule has 4 aromatic heterocycles. The van der Waals surface area contributed by atoms with Crippen LogP contribution in [0.4, 0.5) is 0 Å². The molecule has 9 rings (SSSR count). The summed E-state index contributed by atoms with van der Waals surface area (Å²) in [6.07, 6.45) is 3.66. The first kappa shape index (κ1) is 25.4. The fourth-order valence-electron chi connectivity index (χ4n) is 6.32. The largest absolute Gasteiger partial charge is 0.455 e. The molecule has 0 aliphatic heterocycles. The third-order valence-corrected chi connectivity index (χ3v) is 8.56. The monoisotopic (exact) mass is 575 g/mol. The van der Waals surface area contributed by atoms with E-state index in [2.05, 4.69) is 113 Å². The number of benzene rings is 5. The van der Waals surface area contributed by atoms with E-state index in [0.717, 1.165) is 88.5 Å². The molecule has 0 spiro atoms. The Bertz CT molecular complexity index is 2530. The van der Waals surface area contributed by atoms with E-state index in [1.54, 1.807) is 0 Å². The number of fused-ring (bicyclic) bond motifs is 6. The van der Waals surface area contributed by atoms with Gasteiger partial charge in [0.2, 0.25) is 0 Å². The van der Waals surface area contributed by atoms with Gasteiger partial charge in [-0.3, -0.25) is 9.97 Å². The number of para-hydroxylation sites is 2. The van der Waals surface area contributed by atoms with Crippen LogP contribution in [0.15, 0.2) is 156 Å². The van der Waals surface area contributed by atoms with Crippen LogP contribution in [0.25, 0.3) is 88.5 Å². The van der Waals surface area contributed by atoms with Gasteiger partial charge in [0.15, 0.2) is 0 Å². The van der Waals surface area contributed by atoms with Crippen LogP contribution in [0.5, 0.6) is 0 Å². The molecule has 0 atom stereocenters. The summed E-state index contributed by atoms with van der Waals surface area (Å²) in [6.45, 7) is 0. The van der Waals surface area contributed by atoms with Gasteiger partial charge in [0.1, 0.15) is 11.2 Å².